The van der Waals surface area contributed by atoms with E-state index in [1.54, 1.807) is 31.2 Å². The summed E-state index contributed by atoms with van der Waals surface area (Å²) in [5, 5.41) is 16.5. The Bertz CT molecular complexity index is 734. The van der Waals surface area contributed by atoms with Gasteiger partial charge in [0.25, 0.3) is 5.91 Å². The number of hydrogen-bond acceptors (Lipinski definition) is 4. The van der Waals surface area contributed by atoms with E-state index >= 15 is 0 Å². The molecule has 0 aromatic heterocycles. The minimum Gasteiger partial charge on any atom is -0.374 e. The number of halogens is 1. The second-order valence-electron chi connectivity index (χ2n) is 6.78. The molecule has 6 heteroatoms. The molecule has 0 spiro atoms. The molecule has 1 atom stereocenters. The lowest BCUT2D eigenvalue weighted by Crippen LogP contribution is -2.50. The molecule has 24 heavy (non-hydrogen) atoms. The van der Waals surface area contributed by atoms with Gasteiger partial charge in [-0.15, -0.1) is 0 Å². The van der Waals surface area contributed by atoms with E-state index < -0.39 is 17.0 Å². The summed E-state index contributed by atoms with van der Waals surface area (Å²) in [5.41, 5.74) is -1.55. The molecule has 128 valence electrons. The van der Waals surface area contributed by atoms with Gasteiger partial charge in [0.15, 0.2) is 11.4 Å². The molecule has 1 aliphatic heterocycles. The van der Waals surface area contributed by atoms with Gasteiger partial charge in [-0.05, 0) is 45.9 Å². The summed E-state index contributed by atoms with van der Waals surface area (Å²) < 4.78 is 0. The Balaban J connectivity index is 2.14. The lowest BCUT2D eigenvalue weighted by atomic mass is 9.93. The first-order valence-corrected chi connectivity index (χ1v) is 8.03. The van der Waals surface area contributed by atoms with Crippen LogP contribution in [0.1, 0.15) is 44.5 Å². The second kappa shape index (κ2) is 6.49. The molecule has 0 unspecified atom stereocenters. The highest BCUT2D eigenvalue weighted by Gasteiger charge is 2.49. The maximum absolute atomic E-state index is 12.5. The average Bonchev–Trinajstić information content (AvgIpc) is 2.72. The van der Waals surface area contributed by atoms with E-state index in [1.807, 2.05) is 20.8 Å². The SMILES string of the molecule is CC1=NN(C(C)(C)C)C(=O)[C@@]1(O)C/C=C/C(=O)c1ccccc1Cl. The van der Waals surface area contributed by atoms with Gasteiger partial charge in [-0.2, -0.15) is 5.10 Å². The van der Waals surface area contributed by atoms with Gasteiger partial charge in [0.1, 0.15) is 0 Å². The first-order chi connectivity index (χ1) is 11.1. The van der Waals surface area contributed by atoms with Crippen molar-refractivity contribution < 1.29 is 14.7 Å². The number of amides is 1. The fourth-order valence-corrected chi connectivity index (χ4v) is 2.61. The van der Waals surface area contributed by atoms with Crippen LogP contribution in [0.3, 0.4) is 0 Å². The zero-order valence-corrected chi connectivity index (χ0v) is 15.0. The fourth-order valence-electron chi connectivity index (χ4n) is 2.39. The van der Waals surface area contributed by atoms with Gasteiger partial charge in [0, 0.05) is 12.0 Å². The molecule has 2 rings (SSSR count). The summed E-state index contributed by atoms with van der Waals surface area (Å²) in [5.74, 6) is -0.765. The van der Waals surface area contributed by atoms with Crippen molar-refractivity contribution in [1.29, 1.82) is 0 Å². The van der Waals surface area contributed by atoms with Crippen molar-refractivity contribution in [2.24, 2.45) is 5.10 Å². The maximum atomic E-state index is 12.5. The third-order valence-corrected chi connectivity index (χ3v) is 4.18. The smallest absolute Gasteiger partial charge is 0.281 e. The van der Waals surface area contributed by atoms with Crippen LogP contribution in [-0.4, -0.2) is 38.7 Å². The van der Waals surface area contributed by atoms with Crippen molar-refractivity contribution in [3.05, 3.63) is 47.0 Å². The number of nitrogens with zero attached hydrogens (tertiary/aromatic N) is 2. The average molecular weight is 349 g/mol. The molecule has 0 radical (unpaired) electrons. The number of carbonyl (C=O) groups excluding carboxylic acids is 2. The quantitative estimate of drug-likeness (QED) is 0.671. The Labute approximate surface area is 146 Å². The van der Waals surface area contributed by atoms with E-state index in [0.717, 1.165) is 0 Å². The van der Waals surface area contributed by atoms with E-state index in [4.69, 9.17) is 11.6 Å². The predicted molar refractivity (Wildman–Crippen MR) is 94.2 cm³/mol. The minimum atomic E-state index is -1.72. The van der Waals surface area contributed by atoms with Gasteiger partial charge in [0.2, 0.25) is 0 Å². The number of rotatable bonds is 4. The molecule has 1 aromatic rings. The highest BCUT2D eigenvalue weighted by Crippen LogP contribution is 2.30. The Morgan fingerprint density at radius 1 is 1.38 bits per heavy atom. The van der Waals surface area contributed by atoms with Crippen LogP contribution in [0.25, 0.3) is 0 Å². The van der Waals surface area contributed by atoms with Crippen molar-refractivity contribution in [1.82, 2.24) is 5.01 Å². The van der Waals surface area contributed by atoms with Crippen LogP contribution in [0.4, 0.5) is 0 Å². The molecule has 0 aliphatic carbocycles. The van der Waals surface area contributed by atoms with Gasteiger partial charge in [0.05, 0.1) is 16.3 Å². The summed E-state index contributed by atoms with van der Waals surface area (Å²) in [6.07, 6.45) is 2.78. The lowest BCUT2D eigenvalue weighted by Gasteiger charge is -2.30. The first kappa shape index (κ1) is 18.4. The summed E-state index contributed by atoms with van der Waals surface area (Å²) in [7, 11) is 0. The molecular formula is C18H21ClN2O3. The number of carbonyl (C=O) groups is 2. The number of allylic oxidation sites excluding steroid dienone is 1. The number of hydrogen-bond donors (Lipinski definition) is 1. The molecule has 1 aliphatic rings. The molecule has 1 aromatic carbocycles. The van der Waals surface area contributed by atoms with Crippen molar-refractivity contribution in [3.63, 3.8) is 0 Å². The minimum absolute atomic E-state index is 0.0239. The number of ketones is 1. The highest BCUT2D eigenvalue weighted by atomic mass is 35.5. The van der Waals surface area contributed by atoms with Crippen molar-refractivity contribution >= 4 is 29.0 Å². The fraction of sp³-hybridized carbons (Fsp3) is 0.389. The number of benzene rings is 1. The summed E-state index contributed by atoms with van der Waals surface area (Å²) in [4.78, 5) is 24.7. The number of aliphatic hydroxyl groups is 1. The van der Waals surface area contributed by atoms with Crippen LogP contribution in [0.5, 0.6) is 0 Å². The van der Waals surface area contributed by atoms with E-state index in [0.29, 0.717) is 16.3 Å². The third kappa shape index (κ3) is 3.42. The molecular weight excluding hydrogens is 328 g/mol. The van der Waals surface area contributed by atoms with Crippen LogP contribution in [0, 0.1) is 0 Å². The largest absolute Gasteiger partial charge is 0.374 e. The van der Waals surface area contributed by atoms with Gasteiger partial charge in [-0.3, -0.25) is 9.59 Å². The standard InChI is InChI=1S/C18H21ClN2O3/c1-12-18(24,16(23)21(20-12)17(2,3)4)11-7-10-15(22)13-8-5-6-9-14(13)19/h5-10,24H,11H2,1-4H3/b10-7+/t18-/m1/s1. The van der Waals surface area contributed by atoms with Crippen molar-refractivity contribution in [3.8, 4) is 0 Å². The lowest BCUT2D eigenvalue weighted by molar-refractivity contribution is -0.146. The molecule has 0 saturated heterocycles. The van der Waals surface area contributed by atoms with E-state index in [9.17, 15) is 14.7 Å². The normalized spacial score (nSPS) is 21.5. The van der Waals surface area contributed by atoms with Gasteiger partial charge >= 0.3 is 0 Å². The van der Waals surface area contributed by atoms with E-state index in [-0.39, 0.29) is 12.2 Å². The molecule has 0 bridgehead atoms. The van der Waals surface area contributed by atoms with E-state index in [2.05, 4.69) is 5.10 Å². The van der Waals surface area contributed by atoms with Crippen LogP contribution in [0.15, 0.2) is 41.5 Å². The topological polar surface area (TPSA) is 70.0 Å². The van der Waals surface area contributed by atoms with Crippen LogP contribution in [-0.2, 0) is 4.79 Å². The molecule has 1 N–H and O–H groups in total. The summed E-state index contributed by atoms with van der Waals surface area (Å²) in [6, 6.07) is 6.72. The van der Waals surface area contributed by atoms with E-state index in [1.165, 1.54) is 17.2 Å². The van der Waals surface area contributed by atoms with Crippen molar-refractivity contribution in [2.45, 2.75) is 45.3 Å². The Morgan fingerprint density at radius 2 is 2.00 bits per heavy atom. The Morgan fingerprint density at radius 3 is 2.54 bits per heavy atom. The zero-order chi connectivity index (χ0) is 18.1. The van der Waals surface area contributed by atoms with Gasteiger partial charge in [-0.1, -0.05) is 29.8 Å². The highest BCUT2D eigenvalue weighted by molar-refractivity contribution is 6.34. The van der Waals surface area contributed by atoms with Gasteiger partial charge < -0.3 is 5.11 Å². The molecule has 1 heterocycles. The zero-order valence-electron chi connectivity index (χ0n) is 14.2. The van der Waals surface area contributed by atoms with Crippen LogP contribution >= 0.6 is 11.6 Å². The Kier molecular flexibility index (Phi) is 4.97. The monoisotopic (exact) mass is 348 g/mol. The molecule has 1 amide bonds. The third-order valence-electron chi connectivity index (χ3n) is 3.85. The van der Waals surface area contributed by atoms with Crippen LogP contribution < -0.4 is 0 Å². The predicted octanol–water partition coefficient (Wildman–Crippen LogP) is 3.22. The summed E-state index contributed by atoms with van der Waals surface area (Å²) >= 11 is 5.98. The number of hydrazone groups is 1. The Hall–Kier alpha value is -1.98. The second-order valence-corrected chi connectivity index (χ2v) is 7.19. The van der Waals surface area contributed by atoms with Gasteiger partial charge in [-0.25, -0.2) is 5.01 Å². The molecule has 0 fully saturated rings. The maximum Gasteiger partial charge on any atom is 0.281 e. The molecule has 0 saturated carbocycles. The first-order valence-electron chi connectivity index (χ1n) is 7.65. The summed E-state index contributed by atoms with van der Waals surface area (Å²) in [6.45, 7) is 7.12. The van der Waals surface area contributed by atoms with Crippen molar-refractivity contribution in [2.75, 3.05) is 0 Å². The van der Waals surface area contributed by atoms with Crippen LogP contribution in [0.2, 0.25) is 5.02 Å². The molecule has 5 nitrogen and oxygen atoms in total.